The third kappa shape index (κ3) is 4.05. The number of nitrogens with zero attached hydrogens (tertiary/aromatic N) is 3. The van der Waals surface area contributed by atoms with Gasteiger partial charge in [-0.05, 0) is 54.8 Å². The fraction of sp³-hybridized carbons (Fsp3) is 0.208. The molecule has 1 atom stereocenters. The molecule has 0 aliphatic carbocycles. The number of carbonyl (C=O) groups excluding carboxylic acids is 2. The Kier molecular flexibility index (Phi) is 5.99. The Morgan fingerprint density at radius 1 is 1.03 bits per heavy atom. The monoisotopic (exact) mass is 513 g/mol. The van der Waals surface area contributed by atoms with Crippen LogP contribution in [0.15, 0.2) is 70.6 Å². The van der Waals surface area contributed by atoms with Gasteiger partial charge in [0, 0.05) is 30.2 Å². The molecule has 3 aromatic rings. The molecule has 1 unspecified atom stereocenters. The molecule has 0 spiro atoms. The van der Waals surface area contributed by atoms with Crippen LogP contribution in [0.1, 0.15) is 30.0 Å². The van der Waals surface area contributed by atoms with Crippen molar-refractivity contribution in [3.63, 3.8) is 0 Å². The van der Waals surface area contributed by atoms with E-state index < -0.39 is 39.3 Å². The number of Topliss-reactive ketones (excluding diaryl/α,β-unsaturated/α-hetero) is 1. The molecule has 2 fully saturated rings. The number of carbonyl (C=O) groups is 2. The number of halogens is 1. The van der Waals surface area contributed by atoms with Crippen LogP contribution < -0.4 is 4.90 Å². The summed E-state index contributed by atoms with van der Waals surface area (Å²) in [6.07, 6.45) is 3.10. The minimum absolute atomic E-state index is 0.0780. The highest BCUT2D eigenvalue weighted by atomic mass is 32.2. The highest BCUT2D eigenvalue weighted by molar-refractivity contribution is 7.89. The second kappa shape index (κ2) is 8.99. The Morgan fingerprint density at radius 3 is 2.29 bits per heavy atom. The number of aromatic nitrogens is 1. The molecule has 180 valence electrons. The van der Waals surface area contributed by atoms with Crippen LogP contribution in [0.4, 0.5) is 9.52 Å². The first kappa shape index (κ1) is 23.3. The third-order valence-electron chi connectivity index (χ3n) is 6.09. The number of aliphatic hydroxyl groups excluding tert-OH is 1. The Bertz CT molecular complexity index is 1410. The molecular weight excluding hydrogens is 493 g/mol. The van der Waals surface area contributed by atoms with Gasteiger partial charge in [-0.25, -0.2) is 17.8 Å². The lowest BCUT2D eigenvalue weighted by molar-refractivity contribution is -0.132. The number of ketones is 1. The van der Waals surface area contributed by atoms with E-state index in [0.717, 1.165) is 24.2 Å². The van der Waals surface area contributed by atoms with Gasteiger partial charge in [-0.3, -0.25) is 14.5 Å². The first-order valence-electron chi connectivity index (χ1n) is 10.9. The summed E-state index contributed by atoms with van der Waals surface area (Å²) in [5.74, 6) is -2.73. The van der Waals surface area contributed by atoms with Gasteiger partial charge < -0.3 is 5.11 Å². The van der Waals surface area contributed by atoms with Crippen LogP contribution in [-0.2, 0) is 19.6 Å². The summed E-state index contributed by atoms with van der Waals surface area (Å²) in [6.45, 7) is 0.921. The van der Waals surface area contributed by atoms with Crippen molar-refractivity contribution in [1.29, 1.82) is 0 Å². The van der Waals surface area contributed by atoms with E-state index in [1.165, 1.54) is 63.9 Å². The number of benzene rings is 2. The van der Waals surface area contributed by atoms with E-state index in [9.17, 15) is 27.5 Å². The Labute approximate surface area is 205 Å². The van der Waals surface area contributed by atoms with Crippen molar-refractivity contribution in [3.8, 4) is 0 Å². The molecule has 3 heterocycles. The lowest BCUT2D eigenvalue weighted by Crippen LogP contribution is -2.29. The zero-order valence-electron chi connectivity index (χ0n) is 18.3. The summed E-state index contributed by atoms with van der Waals surface area (Å²) in [5, 5.41) is 13.0. The van der Waals surface area contributed by atoms with E-state index in [4.69, 9.17) is 0 Å². The highest BCUT2D eigenvalue weighted by Crippen LogP contribution is 2.42. The molecule has 0 saturated carbocycles. The summed E-state index contributed by atoms with van der Waals surface area (Å²) in [7, 11) is -3.65. The number of thiazole rings is 1. The molecule has 2 aromatic carbocycles. The van der Waals surface area contributed by atoms with Crippen LogP contribution in [-0.4, -0.2) is 47.6 Å². The quantitative estimate of drug-likeness (QED) is 0.317. The van der Waals surface area contributed by atoms with Crippen LogP contribution in [0.5, 0.6) is 0 Å². The van der Waals surface area contributed by atoms with Crippen molar-refractivity contribution in [3.05, 3.63) is 82.6 Å². The van der Waals surface area contributed by atoms with Gasteiger partial charge in [0.15, 0.2) is 5.13 Å². The summed E-state index contributed by atoms with van der Waals surface area (Å²) >= 11 is 1.15. The first-order valence-corrected chi connectivity index (χ1v) is 13.2. The maximum Gasteiger partial charge on any atom is 0.301 e. The average Bonchev–Trinajstić information content (AvgIpc) is 3.62. The lowest BCUT2D eigenvalue weighted by Gasteiger charge is -2.23. The van der Waals surface area contributed by atoms with Gasteiger partial charge in [-0.2, -0.15) is 4.31 Å². The SMILES string of the molecule is O=C1C(=O)N(c2nccs2)C(c2ccc(F)cc2)/C1=C(\O)c1ccc(S(=O)(=O)N2CCCC2)cc1. The molecular formula is C24H20FN3O5S2. The standard InChI is InChI=1S/C24H20FN3O5S2/c25-17-7-3-15(4-8-17)20-19(22(30)23(31)28(20)24-26-11-14-34-24)21(29)16-5-9-18(10-6-16)35(32,33)27-12-1-2-13-27/h3-11,14,20,29H,1-2,12-13H2/b21-19+. The summed E-state index contributed by atoms with van der Waals surface area (Å²) in [5.41, 5.74) is 0.400. The Morgan fingerprint density at radius 2 is 1.69 bits per heavy atom. The van der Waals surface area contributed by atoms with Crippen LogP contribution in [0.3, 0.4) is 0 Å². The Hall–Kier alpha value is -3.41. The molecule has 5 rings (SSSR count). The fourth-order valence-corrected chi connectivity index (χ4v) is 6.53. The van der Waals surface area contributed by atoms with Crippen LogP contribution in [0.2, 0.25) is 0 Å². The number of sulfonamides is 1. The fourth-order valence-electron chi connectivity index (χ4n) is 4.34. The molecule has 2 saturated heterocycles. The van der Waals surface area contributed by atoms with Crippen molar-refractivity contribution in [2.45, 2.75) is 23.8 Å². The van der Waals surface area contributed by atoms with Gasteiger partial charge in [-0.1, -0.05) is 12.1 Å². The molecule has 0 bridgehead atoms. The van der Waals surface area contributed by atoms with E-state index in [0.29, 0.717) is 18.7 Å². The summed E-state index contributed by atoms with van der Waals surface area (Å²) < 4.78 is 40.6. The van der Waals surface area contributed by atoms with Crippen LogP contribution >= 0.6 is 11.3 Å². The van der Waals surface area contributed by atoms with E-state index in [1.807, 2.05) is 0 Å². The Balaban J connectivity index is 1.59. The van der Waals surface area contributed by atoms with Crippen molar-refractivity contribution in [1.82, 2.24) is 9.29 Å². The van der Waals surface area contributed by atoms with E-state index >= 15 is 0 Å². The topological polar surface area (TPSA) is 108 Å². The number of rotatable bonds is 5. The van der Waals surface area contributed by atoms with Gasteiger partial charge in [0.05, 0.1) is 16.5 Å². The van der Waals surface area contributed by atoms with Crippen LogP contribution in [0.25, 0.3) is 5.76 Å². The molecule has 8 nitrogen and oxygen atoms in total. The van der Waals surface area contributed by atoms with Gasteiger partial charge in [-0.15, -0.1) is 11.3 Å². The molecule has 1 aromatic heterocycles. The van der Waals surface area contributed by atoms with Crippen molar-refractivity contribution < 1.29 is 27.5 Å². The minimum Gasteiger partial charge on any atom is -0.507 e. The number of hydrogen-bond acceptors (Lipinski definition) is 7. The molecule has 1 amide bonds. The molecule has 2 aliphatic heterocycles. The van der Waals surface area contributed by atoms with E-state index in [1.54, 1.807) is 5.38 Å². The zero-order chi connectivity index (χ0) is 24.7. The minimum atomic E-state index is -3.65. The smallest absolute Gasteiger partial charge is 0.301 e. The largest absolute Gasteiger partial charge is 0.507 e. The van der Waals surface area contributed by atoms with Crippen molar-refractivity contribution in [2.24, 2.45) is 0 Å². The first-order chi connectivity index (χ1) is 16.8. The number of aliphatic hydroxyl groups is 1. The van der Waals surface area contributed by atoms with E-state index in [2.05, 4.69) is 4.98 Å². The second-order valence-electron chi connectivity index (χ2n) is 8.17. The van der Waals surface area contributed by atoms with Crippen molar-refractivity contribution >= 4 is 43.9 Å². The van der Waals surface area contributed by atoms with Gasteiger partial charge in [0.1, 0.15) is 11.6 Å². The maximum atomic E-state index is 13.6. The van der Waals surface area contributed by atoms with Crippen molar-refractivity contribution in [2.75, 3.05) is 18.0 Å². The summed E-state index contributed by atoms with van der Waals surface area (Å²) in [4.78, 5) is 31.4. The lowest BCUT2D eigenvalue weighted by atomic mass is 9.95. The second-order valence-corrected chi connectivity index (χ2v) is 11.0. The average molecular weight is 514 g/mol. The predicted molar refractivity (Wildman–Crippen MR) is 128 cm³/mol. The third-order valence-corrected chi connectivity index (χ3v) is 8.77. The number of amides is 1. The summed E-state index contributed by atoms with van der Waals surface area (Å²) in [6, 6.07) is 9.78. The van der Waals surface area contributed by atoms with Gasteiger partial charge in [0.2, 0.25) is 10.0 Å². The molecule has 0 radical (unpaired) electrons. The number of hydrogen-bond donors (Lipinski definition) is 1. The molecule has 1 N–H and O–H groups in total. The number of anilines is 1. The van der Waals surface area contributed by atoms with Gasteiger partial charge in [0.25, 0.3) is 5.78 Å². The predicted octanol–water partition coefficient (Wildman–Crippen LogP) is 3.69. The maximum absolute atomic E-state index is 13.6. The molecule has 2 aliphatic rings. The molecule has 11 heteroatoms. The van der Waals surface area contributed by atoms with E-state index in [-0.39, 0.29) is 21.2 Å². The normalized spacial score (nSPS) is 20.6. The van der Waals surface area contributed by atoms with Gasteiger partial charge >= 0.3 is 5.91 Å². The van der Waals surface area contributed by atoms with Crippen LogP contribution in [0, 0.1) is 5.82 Å². The zero-order valence-corrected chi connectivity index (χ0v) is 19.9. The highest BCUT2D eigenvalue weighted by Gasteiger charge is 2.48. The molecule has 35 heavy (non-hydrogen) atoms.